The highest BCUT2D eigenvalue weighted by molar-refractivity contribution is 7.92. The van der Waals surface area contributed by atoms with Gasteiger partial charge in [0.15, 0.2) is 0 Å². The molecule has 8 nitrogen and oxygen atoms in total. The molecule has 4 aromatic carbocycles. The topological polar surface area (TPSA) is 96.0 Å². The Morgan fingerprint density at radius 1 is 0.860 bits per heavy atom. The molecule has 0 heterocycles. The number of methoxy groups -OCH3 is 1. The number of aryl methyl sites for hydroxylation is 1. The third-order valence-corrected chi connectivity index (χ3v) is 11.6. The Balaban J connectivity index is 1.61. The van der Waals surface area contributed by atoms with E-state index in [2.05, 4.69) is 5.32 Å². The Hall–Kier alpha value is -3.76. The molecule has 0 aliphatic heterocycles. The zero-order chi connectivity index (χ0) is 35.8. The number of amides is 2. The maximum atomic E-state index is 14.8. The molecule has 2 amide bonds. The van der Waals surface area contributed by atoms with Crippen LogP contribution in [0.2, 0.25) is 15.1 Å². The summed E-state index contributed by atoms with van der Waals surface area (Å²) in [5.74, 6) is -0.735. The first-order chi connectivity index (χ1) is 24.0. The molecule has 1 atom stereocenters. The molecule has 1 aliphatic carbocycles. The SMILES string of the molecule is COc1ccc(Cl)cc1N(CC(=O)N(Cc1ccc(Cl)c(Cl)c1)C(Cc1ccccc1)C(=O)NC1CCCCC1)S(=O)(=O)c1ccc(C)cc1. The van der Waals surface area contributed by atoms with Crippen molar-refractivity contribution in [2.75, 3.05) is 18.0 Å². The zero-order valence-corrected chi connectivity index (χ0v) is 31.0. The standard InChI is InChI=1S/C38H40Cl3N3O5S/c1-26-13-17-31(18-14-26)50(47,48)44(34-23-29(39)16-20-36(34)49-2)25-37(45)43(24-28-15-19-32(40)33(41)21-28)35(22-27-9-5-3-6-10-27)38(46)42-30-11-7-4-8-12-30/h3,5-6,9-10,13-21,23,30,35H,4,7-8,11-12,22,24-25H2,1-2H3,(H,42,46). The fourth-order valence-electron chi connectivity index (χ4n) is 6.14. The van der Waals surface area contributed by atoms with Gasteiger partial charge in [0.1, 0.15) is 18.3 Å². The molecule has 1 aliphatic rings. The number of carbonyl (C=O) groups excluding carboxylic acids is 2. The molecule has 1 fully saturated rings. The average Bonchev–Trinajstić information content (AvgIpc) is 3.11. The second-order valence-electron chi connectivity index (χ2n) is 12.5. The number of rotatable bonds is 13. The molecule has 0 saturated heterocycles. The molecule has 1 unspecified atom stereocenters. The summed E-state index contributed by atoms with van der Waals surface area (Å²) in [7, 11) is -2.94. The molecule has 0 radical (unpaired) electrons. The van der Waals surface area contributed by atoms with Crippen LogP contribution in [0.25, 0.3) is 0 Å². The summed E-state index contributed by atoms with van der Waals surface area (Å²) < 4.78 is 35.4. The van der Waals surface area contributed by atoms with E-state index in [1.54, 1.807) is 42.5 Å². The van der Waals surface area contributed by atoms with Gasteiger partial charge in [-0.05, 0) is 73.4 Å². The molecular weight excluding hydrogens is 717 g/mol. The third kappa shape index (κ3) is 9.31. The number of hydrogen-bond donors (Lipinski definition) is 1. The molecule has 0 aromatic heterocycles. The third-order valence-electron chi connectivity index (χ3n) is 8.86. The molecule has 5 rings (SSSR count). The predicted molar refractivity (Wildman–Crippen MR) is 200 cm³/mol. The summed E-state index contributed by atoms with van der Waals surface area (Å²) in [6, 6.07) is 24.3. The highest BCUT2D eigenvalue weighted by Gasteiger charge is 2.36. The Labute approximate surface area is 309 Å². The van der Waals surface area contributed by atoms with Crippen LogP contribution >= 0.6 is 34.8 Å². The maximum Gasteiger partial charge on any atom is 0.264 e. The van der Waals surface area contributed by atoms with E-state index in [1.165, 1.54) is 30.2 Å². The van der Waals surface area contributed by atoms with Crippen LogP contribution in [0, 0.1) is 6.92 Å². The van der Waals surface area contributed by atoms with Gasteiger partial charge < -0.3 is 15.0 Å². The fraction of sp³-hybridized carbons (Fsp3) is 0.316. The van der Waals surface area contributed by atoms with E-state index in [-0.39, 0.29) is 51.3 Å². The van der Waals surface area contributed by atoms with Crippen LogP contribution < -0.4 is 14.4 Å². The molecule has 1 N–H and O–H groups in total. The molecule has 12 heteroatoms. The van der Waals surface area contributed by atoms with Crippen molar-refractivity contribution in [1.29, 1.82) is 0 Å². The first kappa shape index (κ1) is 37.5. The second kappa shape index (κ2) is 17.0. The van der Waals surface area contributed by atoms with E-state index in [1.807, 2.05) is 37.3 Å². The number of hydrogen-bond acceptors (Lipinski definition) is 5. The van der Waals surface area contributed by atoms with Crippen LogP contribution in [0.15, 0.2) is 95.9 Å². The van der Waals surface area contributed by atoms with Crippen molar-refractivity contribution in [3.8, 4) is 5.75 Å². The number of sulfonamides is 1. The molecule has 50 heavy (non-hydrogen) atoms. The number of nitrogens with zero attached hydrogens (tertiary/aromatic N) is 2. The second-order valence-corrected chi connectivity index (χ2v) is 15.6. The molecule has 4 aromatic rings. The molecule has 0 bridgehead atoms. The lowest BCUT2D eigenvalue weighted by Gasteiger charge is -2.35. The van der Waals surface area contributed by atoms with Crippen LogP contribution in [-0.2, 0) is 32.6 Å². The predicted octanol–water partition coefficient (Wildman–Crippen LogP) is 8.25. The highest BCUT2D eigenvalue weighted by atomic mass is 35.5. The quantitative estimate of drug-likeness (QED) is 0.148. The average molecular weight is 757 g/mol. The van der Waals surface area contributed by atoms with Gasteiger partial charge in [0, 0.05) is 24.0 Å². The Morgan fingerprint density at radius 3 is 2.22 bits per heavy atom. The Morgan fingerprint density at radius 2 is 1.56 bits per heavy atom. The number of halogens is 3. The summed E-state index contributed by atoms with van der Waals surface area (Å²) in [6.45, 7) is 1.15. The minimum Gasteiger partial charge on any atom is -0.495 e. The van der Waals surface area contributed by atoms with Gasteiger partial charge in [-0.2, -0.15) is 0 Å². The van der Waals surface area contributed by atoms with Crippen LogP contribution in [0.3, 0.4) is 0 Å². The van der Waals surface area contributed by atoms with E-state index < -0.39 is 28.5 Å². The van der Waals surface area contributed by atoms with Crippen molar-refractivity contribution in [1.82, 2.24) is 10.2 Å². The Kier molecular flexibility index (Phi) is 12.7. The maximum absolute atomic E-state index is 14.8. The Bertz CT molecular complexity index is 1900. The molecular formula is C38H40Cl3N3O5S. The fourth-order valence-corrected chi connectivity index (χ4v) is 8.05. The smallest absolute Gasteiger partial charge is 0.264 e. The van der Waals surface area contributed by atoms with Gasteiger partial charge in [0.2, 0.25) is 11.8 Å². The van der Waals surface area contributed by atoms with E-state index >= 15 is 0 Å². The lowest BCUT2D eigenvalue weighted by Crippen LogP contribution is -2.55. The van der Waals surface area contributed by atoms with Crippen LogP contribution in [0.1, 0.15) is 48.8 Å². The molecule has 0 spiro atoms. The first-order valence-electron chi connectivity index (χ1n) is 16.5. The minimum atomic E-state index is -4.35. The monoisotopic (exact) mass is 755 g/mol. The lowest BCUT2D eigenvalue weighted by atomic mass is 9.94. The van der Waals surface area contributed by atoms with Crippen molar-refractivity contribution in [3.05, 3.63) is 123 Å². The van der Waals surface area contributed by atoms with Gasteiger partial charge >= 0.3 is 0 Å². The van der Waals surface area contributed by atoms with Crippen LogP contribution in [-0.4, -0.2) is 50.9 Å². The van der Waals surface area contributed by atoms with Gasteiger partial charge in [-0.25, -0.2) is 8.42 Å². The summed E-state index contributed by atoms with van der Waals surface area (Å²) in [5.41, 5.74) is 2.40. The van der Waals surface area contributed by atoms with Crippen molar-refractivity contribution in [2.24, 2.45) is 0 Å². The van der Waals surface area contributed by atoms with Crippen LogP contribution in [0.5, 0.6) is 5.75 Å². The van der Waals surface area contributed by atoms with E-state index in [4.69, 9.17) is 39.5 Å². The number of ether oxygens (including phenoxy) is 1. The highest BCUT2D eigenvalue weighted by Crippen LogP contribution is 2.35. The summed E-state index contributed by atoms with van der Waals surface area (Å²) in [6.07, 6.45) is 5.02. The van der Waals surface area contributed by atoms with E-state index in [0.29, 0.717) is 10.6 Å². The lowest BCUT2D eigenvalue weighted by molar-refractivity contribution is -0.140. The van der Waals surface area contributed by atoms with Gasteiger partial charge in [-0.1, -0.05) is 108 Å². The normalized spacial score (nSPS) is 14.1. The van der Waals surface area contributed by atoms with Crippen molar-refractivity contribution >= 4 is 62.3 Å². The van der Waals surface area contributed by atoms with Crippen molar-refractivity contribution in [3.63, 3.8) is 0 Å². The minimum absolute atomic E-state index is 0.0226. The largest absolute Gasteiger partial charge is 0.495 e. The van der Waals surface area contributed by atoms with E-state index in [9.17, 15) is 18.0 Å². The summed E-state index contributed by atoms with van der Waals surface area (Å²) in [5, 5.41) is 4.08. The molecule has 1 saturated carbocycles. The summed E-state index contributed by atoms with van der Waals surface area (Å²) >= 11 is 19.0. The van der Waals surface area contributed by atoms with Gasteiger partial charge in [0.25, 0.3) is 10.0 Å². The first-order valence-corrected chi connectivity index (χ1v) is 19.0. The van der Waals surface area contributed by atoms with Crippen molar-refractivity contribution in [2.45, 2.75) is 69.0 Å². The van der Waals surface area contributed by atoms with Gasteiger partial charge in [-0.3, -0.25) is 13.9 Å². The number of anilines is 1. The zero-order valence-electron chi connectivity index (χ0n) is 27.9. The van der Waals surface area contributed by atoms with E-state index in [0.717, 1.165) is 47.5 Å². The van der Waals surface area contributed by atoms with Crippen molar-refractivity contribution < 1.29 is 22.7 Å². The number of nitrogens with one attached hydrogen (secondary N) is 1. The summed E-state index contributed by atoms with van der Waals surface area (Å²) in [4.78, 5) is 30.5. The molecule has 264 valence electrons. The van der Waals surface area contributed by atoms with Crippen LogP contribution in [0.4, 0.5) is 5.69 Å². The number of carbonyl (C=O) groups is 2. The van der Waals surface area contributed by atoms with Gasteiger partial charge in [0.05, 0.1) is 27.7 Å². The number of benzene rings is 4. The van der Waals surface area contributed by atoms with Gasteiger partial charge in [-0.15, -0.1) is 0 Å².